The van der Waals surface area contributed by atoms with Crippen LogP contribution in [0.5, 0.6) is 0 Å². The number of benzene rings is 3. The topological polar surface area (TPSA) is 29.1 Å². The van der Waals surface area contributed by atoms with Crippen LogP contribution in [0.4, 0.5) is 5.69 Å². The van der Waals surface area contributed by atoms with Gasteiger partial charge in [0.2, 0.25) is 0 Å². The van der Waals surface area contributed by atoms with E-state index in [0.717, 1.165) is 23.2 Å². The molecule has 4 rings (SSSR count). The van der Waals surface area contributed by atoms with Crippen molar-refractivity contribution >= 4 is 11.6 Å². The summed E-state index contributed by atoms with van der Waals surface area (Å²) in [5.41, 5.74) is 6.32. The van der Waals surface area contributed by atoms with Gasteiger partial charge in [0.1, 0.15) is 0 Å². The Morgan fingerprint density at radius 1 is 0.773 bits per heavy atom. The zero-order chi connectivity index (χ0) is 14.9. The lowest BCUT2D eigenvalue weighted by Crippen LogP contribution is -2.13. The van der Waals surface area contributed by atoms with Gasteiger partial charge in [0, 0.05) is 11.3 Å². The van der Waals surface area contributed by atoms with Gasteiger partial charge < -0.3 is 5.32 Å². The second-order valence-corrected chi connectivity index (χ2v) is 5.49. The van der Waals surface area contributed by atoms with Gasteiger partial charge in [-0.2, -0.15) is 0 Å². The number of amides is 1. The number of carbonyl (C=O) groups excluding carboxylic acids is 1. The number of para-hydroxylation sites is 1. The number of carbonyl (C=O) groups is 1. The average Bonchev–Trinajstić information content (AvgIpc) is 2.94. The van der Waals surface area contributed by atoms with Crippen molar-refractivity contribution < 1.29 is 4.79 Å². The van der Waals surface area contributed by atoms with E-state index < -0.39 is 0 Å². The molecule has 0 spiro atoms. The van der Waals surface area contributed by atoms with Crippen molar-refractivity contribution in [3.63, 3.8) is 0 Å². The van der Waals surface area contributed by atoms with Gasteiger partial charge in [0.05, 0.1) is 0 Å². The first kappa shape index (κ1) is 12.8. The first-order valence-electron chi connectivity index (χ1n) is 7.39. The van der Waals surface area contributed by atoms with Crippen molar-refractivity contribution in [2.45, 2.75) is 6.42 Å². The van der Waals surface area contributed by atoms with Gasteiger partial charge in [0.25, 0.3) is 5.91 Å². The van der Waals surface area contributed by atoms with E-state index >= 15 is 0 Å². The molecule has 1 amide bonds. The molecule has 1 aliphatic carbocycles. The summed E-state index contributed by atoms with van der Waals surface area (Å²) in [4.78, 5) is 12.7. The fourth-order valence-electron chi connectivity index (χ4n) is 3.10. The van der Waals surface area contributed by atoms with Crippen molar-refractivity contribution in [3.05, 3.63) is 89.5 Å². The molecule has 0 atom stereocenters. The van der Waals surface area contributed by atoms with E-state index in [0.29, 0.717) is 0 Å². The molecular weight excluding hydrogens is 270 g/mol. The van der Waals surface area contributed by atoms with Gasteiger partial charge in [-0.1, -0.05) is 54.6 Å². The Hall–Kier alpha value is -2.87. The quantitative estimate of drug-likeness (QED) is 0.577. The maximum Gasteiger partial charge on any atom is 0.256 e. The third-order valence-electron chi connectivity index (χ3n) is 4.09. The van der Waals surface area contributed by atoms with Crippen LogP contribution in [0.1, 0.15) is 21.5 Å². The normalized spacial score (nSPS) is 11.6. The number of nitrogens with one attached hydrogen (secondary N) is 1. The van der Waals surface area contributed by atoms with Crippen LogP contribution in [-0.4, -0.2) is 5.91 Å². The van der Waals surface area contributed by atoms with E-state index in [2.05, 4.69) is 29.6 Å². The molecule has 22 heavy (non-hydrogen) atoms. The predicted molar refractivity (Wildman–Crippen MR) is 89.1 cm³/mol. The van der Waals surface area contributed by atoms with E-state index in [4.69, 9.17) is 0 Å². The first-order chi connectivity index (χ1) is 10.8. The molecule has 0 unspecified atom stereocenters. The van der Waals surface area contributed by atoms with Crippen LogP contribution in [0.3, 0.4) is 0 Å². The smallest absolute Gasteiger partial charge is 0.256 e. The molecule has 0 aliphatic heterocycles. The summed E-state index contributed by atoms with van der Waals surface area (Å²) in [5.74, 6) is -0.0558. The van der Waals surface area contributed by atoms with Gasteiger partial charge in [-0.15, -0.1) is 0 Å². The van der Waals surface area contributed by atoms with E-state index in [9.17, 15) is 4.79 Å². The lowest BCUT2D eigenvalue weighted by Gasteiger charge is -2.10. The van der Waals surface area contributed by atoms with Crippen molar-refractivity contribution in [2.75, 3.05) is 5.32 Å². The monoisotopic (exact) mass is 285 g/mol. The molecule has 0 radical (unpaired) electrons. The molecule has 3 aromatic rings. The Labute approximate surface area is 129 Å². The maximum atomic E-state index is 12.7. The minimum Gasteiger partial charge on any atom is -0.322 e. The molecule has 0 aromatic heterocycles. The van der Waals surface area contributed by atoms with E-state index in [1.807, 2.05) is 48.5 Å². The third-order valence-corrected chi connectivity index (χ3v) is 4.09. The average molecular weight is 285 g/mol. The summed E-state index contributed by atoms with van der Waals surface area (Å²) in [6, 6.07) is 23.8. The molecule has 3 aromatic carbocycles. The van der Waals surface area contributed by atoms with Crippen LogP contribution in [0.25, 0.3) is 11.1 Å². The van der Waals surface area contributed by atoms with Crippen molar-refractivity contribution in [3.8, 4) is 11.1 Å². The summed E-state index contributed by atoms with van der Waals surface area (Å²) in [7, 11) is 0. The van der Waals surface area contributed by atoms with Crippen LogP contribution in [0.2, 0.25) is 0 Å². The summed E-state index contributed by atoms with van der Waals surface area (Å²) in [6.07, 6.45) is 0.901. The highest BCUT2D eigenvalue weighted by molar-refractivity contribution is 6.10. The zero-order valence-corrected chi connectivity index (χ0v) is 12.0. The van der Waals surface area contributed by atoms with Crippen LogP contribution in [0, 0.1) is 0 Å². The van der Waals surface area contributed by atoms with Crippen LogP contribution in [0.15, 0.2) is 72.8 Å². The lowest BCUT2D eigenvalue weighted by molar-refractivity contribution is 0.102. The minimum absolute atomic E-state index is 0.0558. The molecule has 106 valence electrons. The van der Waals surface area contributed by atoms with E-state index in [1.54, 1.807) is 0 Å². The van der Waals surface area contributed by atoms with Gasteiger partial charge in [-0.25, -0.2) is 0 Å². The van der Waals surface area contributed by atoms with Gasteiger partial charge in [0.15, 0.2) is 0 Å². The Balaban J connectivity index is 1.76. The zero-order valence-electron chi connectivity index (χ0n) is 12.0. The van der Waals surface area contributed by atoms with Crippen molar-refractivity contribution in [1.29, 1.82) is 0 Å². The first-order valence-corrected chi connectivity index (χ1v) is 7.39. The Kier molecular flexibility index (Phi) is 3.01. The van der Waals surface area contributed by atoms with Gasteiger partial charge in [-0.3, -0.25) is 4.79 Å². The van der Waals surface area contributed by atoms with Gasteiger partial charge in [-0.05, 0) is 46.9 Å². The summed E-state index contributed by atoms with van der Waals surface area (Å²) < 4.78 is 0. The van der Waals surface area contributed by atoms with Crippen LogP contribution >= 0.6 is 0 Å². The predicted octanol–water partition coefficient (Wildman–Crippen LogP) is 4.51. The Bertz CT molecular complexity index is 853. The molecule has 1 aliphatic rings. The van der Waals surface area contributed by atoms with E-state index in [1.165, 1.54) is 16.7 Å². The number of fused-ring (bicyclic) bond motifs is 3. The number of anilines is 1. The highest BCUT2D eigenvalue weighted by Gasteiger charge is 2.23. The minimum atomic E-state index is -0.0558. The Morgan fingerprint density at radius 2 is 1.50 bits per heavy atom. The highest BCUT2D eigenvalue weighted by atomic mass is 16.1. The van der Waals surface area contributed by atoms with Crippen molar-refractivity contribution in [2.24, 2.45) is 0 Å². The second kappa shape index (κ2) is 5.15. The largest absolute Gasteiger partial charge is 0.322 e. The fraction of sp³-hybridized carbons (Fsp3) is 0.0500. The number of hydrogen-bond acceptors (Lipinski definition) is 1. The SMILES string of the molecule is O=C(Nc1ccccc1)c1cccc2c1-c1ccccc1C2. The van der Waals surface area contributed by atoms with Crippen molar-refractivity contribution in [1.82, 2.24) is 0 Å². The highest BCUT2D eigenvalue weighted by Crippen LogP contribution is 2.38. The van der Waals surface area contributed by atoms with E-state index in [-0.39, 0.29) is 5.91 Å². The summed E-state index contributed by atoms with van der Waals surface area (Å²) >= 11 is 0. The molecule has 0 fully saturated rings. The van der Waals surface area contributed by atoms with Crippen LogP contribution in [-0.2, 0) is 6.42 Å². The summed E-state index contributed by atoms with van der Waals surface area (Å²) in [6.45, 7) is 0. The molecule has 0 bridgehead atoms. The van der Waals surface area contributed by atoms with Crippen LogP contribution < -0.4 is 5.32 Å². The maximum absolute atomic E-state index is 12.7. The molecule has 2 heteroatoms. The standard InChI is InChI=1S/C20H15NO/c22-20(21-16-9-2-1-3-10-16)18-12-6-8-15-13-14-7-4-5-11-17(14)19(15)18/h1-12H,13H2,(H,21,22). The number of hydrogen-bond donors (Lipinski definition) is 1. The lowest BCUT2D eigenvalue weighted by atomic mass is 9.99. The van der Waals surface area contributed by atoms with Gasteiger partial charge >= 0.3 is 0 Å². The Morgan fingerprint density at radius 3 is 2.36 bits per heavy atom. The number of rotatable bonds is 2. The third kappa shape index (κ3) is 2.09. The second-order valence-electron chi connectivity index (χ2n) is 5.49. The molecular formula is C20H15NO. The molecule has 0 heterocycles. The molecule has 0 saturated heterocycles. The summed E-state index contributed by atoms with van der Waals surface area (Å²) in [5, 5.41) is 2.98. The fourth-order valence-corrected chi connectivity index (χ4v) is 3.10. The molecule has 2 nitrogen and oxygen atoms in total. The molecule has 0 saturated carbocycles. The molecule has 1 N–H and O–H groups in total.